The highest BCUT2D eigenvalue weighted by Crippen LogP contribution is 2.25. The molecule has 1 atom stereocenters. The highest BCUT2D eigenvalue weighted by Gasteiger charge is 2.30. The Balaban J connectivity index is 1.51. The second-order valence-corrected chi connectivity index (χ2v) is 8.30. The minimum atomic E-state index is -4.53. The first-order valence-corrected chi connectivity index (χ1v) is 11.0. The third-order valence-corrected chi connectivity index (χ3v) is 5.47. The molecule has 2 aromatic carbocycles. The minimum absolute atomic E-state index is 0.0655. The van der Waals surface area contributed by atoms with Crippen molar-refractivity contribution in [3.63, 3.8) is 0 Å². The Kier molecular flexibility index (Phi) is 6.29. The van der Waals surface area contributed by atoms with Crippen molar-refractivity contribution in [1.29, 1.82) is 0 Å². The molecule has 9 nitrogen and oxygen atoms in total. The lowest BCUT2D eigenvalue weighted by molar-refractivity contribution is -0.140. The Hall–Kier alpha value is -4.03. The van der Waals surface area contributed by atoms with Gasteiger partial charge >= 0.3 is 11.7 Å². The number of ether oxygens (including phenoxy) is 1. The van der Waals surface area contributed by atoms with E-state index in [1.54, 1.807) is 59.2 Å². The van der Waals surface area contributed by atoms with Crippen LogP contribution in [0.4, 0.5) is 24.8 Å². The van der Waals surface area contributed by atoms with E-state index in [-0.39, 0.29) is 23.7 Å². The Morgan fingerprint density at radius 2 is 1.89 bits per heavy atom. The zero-order chi connectivity index (χ0) is 25.3. The summed E-state index contributed by atoms with van der Waals surface area (Å²) in [6.45, 7) is -1.18. The molecule has 0 fully saturated rings. The smallest absolute Gasteiger partial charge is 0.406 e. The Bertz CT molecular complexity index is 1470. The third-order valence-electron chi connectivity index (χ3n) is 5.22. The van der Waals surface area contributed by atoms with Gasteiger partial charge < -0.3 is 19.5 Å². The van der Waals surface area contributed by atoms with E-state index in [1.165, 1.54) is 6.26 Å². The minimum Gasteiger partial charge on any atom is -0.469 e. The molecule has 1 aliphatic rings. The van der Waals surface area contributed by atoms with Gasteiger partial charge in [0, 0.05) is 16.8 Å². The summed E-state index contributed by atoms with van der Waals surface area (Å²) in [5, 5.41) is 3.59. The zero-order valence-electron chi connectivity index (χ0n) is 18.4. The molecule has 36 heavy (non-hydrogen) atoms. The summed E-state index contributed by atoms with van der Waals surface area (Å²) in [6.07, 6.45) is -0.802. The van der Waals surface area contributed by atoms with Crippen molar-refractivity contribution in [1.82, 2.24) is 24.6 Å². The molecule has 0 radical (unpaired) electrons. The molecule has 2 aromatic heterocycles. The number of halogens is 4. The van der Waals surface area contributed by atoms with Crippen molar-refractivity contribution in [2.24, 2.45) is 0 Å². The maximum absolute atomic E-state index is 13.1. The predicted molar refractivity (Wildman–Crippen MR) is 126 cm³/mol. The van der Waals surface area contributed by atoms with E-state index in [1.807, 2.05) is 0 Å². The molecular weight excluding hydrogens is 501 g/mol. The summed E-state index contributed by atoms with van der Waals surface area (Å²) in [5.74, 6) is 0.670. The predicted octanol–water partition coefficient (Wildman–Crippen LogP) is 4.35. The molecule has 0 aliphatic carbocycles. The average molecular weight is 519 g/mol. The fraction of sp³-hybridized carbons (Fsp3) is 0.174. The second kappa shape index (κ2) is 9.55. The molecule has 0 bridgehead atoms. The number of hydroxylamine groups is 1. The van der Waals surface area contributed by atoms with Crippen LogP contribution < -0.4 is 21.1 Å². The molecule has 0 spiro atoms. The van der Waals surface area contributed by atoms with Gasteiger partial charge in [-0.25, -0.2) is 4.98 Å². The molecule has 2 N–H and O–H groups in total. The first kappa shape index (κ1) is 23.7. The average Bonchev–Trinajstić information content (AvgIpc) is 3.48. The van der Waals surface area contributed by atoms with Gasteiger partial charge in [-0.2, -0.15) is 18.2 Å². The largest absolute Gasteiger partial charge is 0.469 e. The van der Waals surface area contributed by atoms with Gasteiger partial charge in [-0.3, -0.25) is 9.36 Å². The highest BCUT2D eigenvalue weighted by molar-refractivity contribution is 6.30. The molecule has 0 saturated heterocycles. The molecule has 1 aliphatic heterocycles. The summed E-state index contributed by atoms with van der Waals surface area (Å²) in [5.41, 5.74) is 2.99. The first-order valence-electron chi connectivity index (χ1n) is 10.6. The van der Waals surface area contributed by atoms with Crippen LogP contribution in [0.3, 0.4) is 0 Å². The number of imidazole rings is 1. The quantitative estimate of drug-likeness (QED) is 0.375. The van der Waals surface area contributed by atoms with Crippen molar-refractivity contribution >= 4 is 34.4 Å². The van der Waals surface area contributed by atoms with Crippen LogP contribution in [0.25, 0.3) is 11.2 Å². The van der Waals surface area contributed by atoms with Crippen LogP contribution in [-0.2, 0) is 17.9 Å². The Labute approximate surface area is 206 Å². The van der Waals surface area contributed by atoms with Crippen molar-refractivity contribution in [3.05, 3.63) is 88.1 Å². The van der Waals surface area contributed by atoms with Crippen molar-refractivity contribution in [2.75, 3.05) is 5.32 Å². The summed E-state index contributed by atoms with van der Waals surface area (Å²) < 4.78 is 47.2. The molecule has 13 heteroatoms. The van der Waals surface area contributed by atoms with Crippen LogP contribution in [0.1, 0.15) is 5.56 Å². The topological polar surface area (TPSA) is 95.2 Å². The van der Waals surface area contributed by atoms with Crippen molar-refractivity contribution in [3.8, 4) is 5.75 Å². The number of hydrogen-bond acceptors (Lipinski definition) is 7. The van der Waals surface area contributed by atoms with E-state index in [0.29, 0.717) is 16.5 Å². The lowest BCUT2D eigenvalue weighted by Gasteiger charge is -2.16. The Morgan fingerprint density at radius 1 is 1.14 bits per heavy atom. The van der Waals surface area contributed by atoms with Crippen molar-refractivity contribution < 1.29 is 22.7 Å². The Morgan fingerprint density at radius 3 is 2.56 bits per heavy atom. The molecule has 5 rings (SSSR count). The van der Waals surface area contributed by atoms with Gasteiger partial charge in [0.1, 0.15) is 18.6 Å². The van der Waals surface area contributed by atoms with Gasteiger partial charge in [0.15, 0.2) is 11.2 Å². The lowest BCUT2D eigenvalue weighted by atomic mass is 10.2. The number of fused-ring (bicyclic) bond motifs is 1. The van der Waals surface area contributed by atoms with Crippen LogP contribution in [0.15, 0.2) is 72.0 Å². The number of nitrogens with one attached hydrogen (secondary N) is 2. The number of nitrogens with zero attached hydrogens (tertiary/aromatic N) is 4. The van der Waals surface area contributed by atoms with E-state index in [4.69, 9.17) is 21.2 Å². The van der Waals surface area contributed by atoms with E-state index >= 15 is 0 Å². The third kappa shape index (κ3) is 5.29. The maximum Gasteiger partial charge on any atom is 0.406 e. The van der Waals surface area contributed by atoms with Gasteiger partial charge in [-0.1, -0.05) is 23.7 Å². The van der Waals surface area contributed by atoms with Crippen LogP contribution >= 0.6 is 11.6 Å². The summed E-state index contributed by atoms with van der Waals surface area (Å²) >= 11 is 5.98. The molecule has 1 unspecified atom stereocenters. The standard InChI is InChI=1S/C23H18ClF3N6O3/c24-15-3-1-14(2-4-15)11-33-20-19(32(13-28-20)12-23(25,26)27)21(34)30-22(33)29-16-5-7-17(8-6-16)36-18-9-10-35-31-18/h1-10,13,18,31H,11-12H2,(H,29,30,34). The van der Waals surface area contributed by atoms with Crippen molar-refractivity contribution in [2.45, 2.75) is 25.5 Å². The normalized spacial score (nSPS) is 15.3. The van der Waals surface area contributed by atoms with Gasteiger partial charge in [-0.05, 0) is 42.0 Å². The number of alkyl halides is 3. The van der Waals surface area contributed by atoms with Crippen LogP contribution in [0, 0.1) is 0 Å². The van der Waals surface area contributed by atoms with E-state index in [0.717, 1.165) is 16.5 Å². The summed E-state index contributed by atoms with van der Waals surface area (Å²) in [6, 6.07) is 13.7. The molecule has 186 valence electrons. The van der Waals surface area contributed by atoms with E-state index in [9.17, 15) is 18.0 Å². The fourth-order valence-corrected chi connectivity index (χ4v) is 3.77. The molecule has 0 saturated carbocycles. The molecular formula is C23H18ClF3N6O3. The van der Waals surface area contributed by atoms with Gasteiger partial charge in [0.2, 0.25) is 12.2 Å². The van der Waals surface area contributed by atoms with Gasteiger partial charge in [-0.15, -0.1) is 5.48 Å². The number of rotatable bonds is 7. The SMILES string of the molecule is O=c1nc(Nc2ccc(OC3C=CON3)cc2)n(Cc2ccc(Cl)cc2)c2ncn(CC(F)(F)F)c12. The first-order chi connectivity index (χ1) is 17.2. The summed E-state index contributed by atoms with van der Waals surface area (Å²) in [7, 11) is 0. The number of anilines is 2. The zero-order valence-corrected chi connectivity index (χ0v) is 19.1. The molecule has 3 heterocycles. The maximum atomic E-state index is 13.1. The molecule has 0 amide bonds. The number of hydrogen-bond donors (Lipinski definition) is 2. The van der Waals surface area contributed by atoms with E-state index in [2.05, 4.69) is 20.8 Å². The monoisotopic (exact) mass is 518 g/mol. The lowest BCUT2D eigenvalue weighted by Crippen LogP contribution is -2.26. The summed E-state index contributed by atoms with van der Waals surface area (Å²) in [4.78, 5) is 25.9. The highest BCUT2D eigenvalue weighted by atomic mass is 35.5. The van der Waals surface area contributed by atoms with Crippen LogP contribution in [0.2, 0.25) is 5.02 Å². The van der Waals surface area contributed by atoms with Crippen LogP contribution in [0.5, 0.6) is 5.75 Å². The second-order valence-electron chi connectivity index (χ2n) is 7.87. The number of aromatic nitrogens is 4. The fourth-order valence-electron chi connectivity index (χ4n) is 3.64. The molecule has 4 aromatic rings. The van der Waals surface area contributed by atoms with E-state index < -0.39 is 24.5 Å². The van der Waals surface area contributed by atoms with Gasteiger partial charge in [0.25, 0.3) is 0 Å². The van der Waals surface area contributed by atoms with Gasteiger partial charge in [0.05, 0.1) is 12.9 Å². The number of benzene rings is 2. The van der Waals surface area contributed by atoms with Crippen LogP contribution in [-0.4, -0.2) is 31.5 Å².